The number of urea groups is 1. The molecule has 0 heterocycles. The Bertz CT molecular complexity index is 832. The molecule has 3 N–H and O–H groups in total. The summed E-state index contributed by atoms with van der Waals surface area (Å²) in [4.78, 5) is 11.5. The molecule has 0 fully saturated rings. The van der Waals surface area contributed by atoms with Crippen LogP contribution in [0.5, 0.6) is 5.75 Å². The Morgan fingerprint density at radius 2 is 1.79 bits per heavy atom. The van der Waals surface area contributed by atoms with Gasteiger partial charge < -0.3 is 15.4 Å². The van der Waals surface area contributed by atoms with Crippen LogP contribution in [0.25, 0.3) is 0 Å². The van der Waals surface area contributed by atoms with Gasteiger partial charge in [0.15, 0.2) is 6.73 Å². The lowest BCUT2D eigenvalue weighted by Gasteiger charge is -2.11. The molecular weight excluding hydrogens is 332 g/mol. The maximum absolute atomic E-state index is 11.8. The zero-order valence-corrected chi connectivity index (χ0v) is 14.1. The first-order chi connectivity index (χ1) is 11.3. The predicted octanol–water partition coefficient (Wildman–Crippen LogP) is 2.71. The van der Waals surface area contributed by atoms with Gasteiger partial charge in [-0.1, -0.05) is 17.7 Å². The lowest BCUT2D eigenvalue weighted by molar-refractivity contribution is 0.234. The highest BCUT2D eigenvalue weighted by Gasteiger charge is 2.09. The van der Waals surface area contributed by atoms with Crippen molar-refractivity contribution in [2.75, 3.05) is 12.0 Å². The highest BCUT2D eigenvalue weighted by molar-refractivity contribution is 7.85. The van der Waals surface area contributed by atoms with Gasteiger partial charge in [-0.3, -0.25) is 4.55 Å². The first-order valence-electron chi connectivity index (χ1n) is 7.08. The summed E-state index contributed by atoms with van der Waals surface area (Å²) < 4.78 is 36.2. The summed E-state index contributed by atoms with van der Waals surface area (Å²) in [5.41, 5.74) is 2.48. The second-order valence-electron chi connectivity index (χ2n) is 5.19. The molecule has 2 aromatic rings. The van der Waals surface area contributed by atoms with Crippen molar-refractivity contribution in [2.24, 2.45) is 0 Å². The van der Waals surface area contributed by atoms with E-state index in [0.29, 0.717) is 11.4 Å². The molecule has 2 amide bonds. The Balaban J connectivity index is 1.85. The van der Waals surface area contributed by atoms with Crippen molar-refractivity contribution >= 4 is 21.8 Å². The zero-order valence-electron chi connectivity index (χ0n) is 13.2. The zero-order chi connectivity index (χ0) is 17.7. The minimum Gasteiger partial charge on any atom is -0.473 e. The molecule has 0 atom stereocenters. The number of rotatable bonds is 5. The fourth-order valence-corrected chi connectivity index (χ4v) is 2.51. The van der Waals surface area contributed by atoms with Crippen LogP contribution in [0.3, 0.4) is 0 Å². The molecule has 0 bridgehead atoms. The number of amides is 2. The quantitative estimate of drug-likeness (QED) is 0.568. The van der Waals surface area contributed by atoms with Gasteiger partial charge in [-0.25, -0.2) is 4.79 Å². The van der Waals surface area contributed by atoms with E-state index >= 15 is 0 Å². The summed E-state index contributed by atoms with van der Waals surface area (Å²) in [7, 11) is -4.25. The van der Waals surface area contributed by atoms with E-state index in [1.54, 1.807) is 0 Å². The van der Waals surface area contributed by atoms with Gasteiger partial charge >= 0.3 is 6.03 Å². The van der Waals surface area contributed by atoms with Crippen LogP contribution in [0.4, 0.5) is 10.5 Å². The largest absolute Gasteiger partial charge is 0.473 e. The molecule has 0 aliphatic heterocycles. The van der Waals surface area contributed by atoms with E-state index in [4.69, 9.17) is 9.29 Å². The van der Waals surface area contributed by atoms with Crippen LogP contribution >= 0.6 is 0 Å². The highest BCUT2D eigenvalue weighted by atomic mass is 32.2. The van der Waals surface area contributed by atoms with Gasteiger partial charge in [0.1, 0.15) is 5.75 Å². The van der Waals surface area contributed by atoms with E-state index in [0.717, 1.165) is 11.1 Å². The third-order valence-corrected chi connectivity index (χ3v) is 4.07. The fourth-order valence-electron chi connectivity index (χ4n) is 2.03. The Hall–Kier alpha value is -2.58. The van der Waals surface area contributed by atoms with E-state index in [1.807, 2.05) is 32.0 Å². The number of hydrogen-bond acceptors (Lipinski definition) is 4. The molecule has 0 aliphatic rings. The first kappa shape index (κ1) is 17.8. The Morgan fingerprint density at radius 3 is 2.38 bits per heavy atom. The fraction of sp³-hybridized carbons (Fsp3) is 0.188. The average molecular weight is 350 g/mol. The van der Waals surface area contributed by atoms with E-state index < -0.39 is 16.1 Å². The molecule has 0 aromatic heterocycles. The summed E-state index contributed by atoms with van der Waals surface area (Å²) in [6.45, 7) is 3.88. The molecule has 0 saturated carbocycles. The van der Waals surface area contributed by atoms with Gasteiger partial charge in [-0.2, -0.15) is 8.42 Å². The molecule has 0 spiro atoms. The third-order valence-electron chi connectivity index (χ3n) is 3.20. The Kier molecular flexibility index (Phi) is 5.42. The van der Waals surface area contributed by atoms with E-state index in [9.17, 15) is 13.2 Å². The van der Waals surface area contributed by atoms with Crippen molar-refractivity contribution in [2.45, 2.75) is 18.7 Å². The molecule has 7 nitrogen and oxygen atoms in total. The molecule has 24 heavy (non-hydrogen) atoms. The highest BCUT2D eigenvalue weighted by Crippen LogP contribution is 2.18. The normalized spacial score (nSPS) is 11.0. The number of carbonyl (C=O) groups excluding carboxylic acids is 1. The summed E-state index contributed by atoms with van der Waals surface area (Å²) >= 11 is 0. The summed E-state index contributed by atoms with van der Waals surface area (Å²) in [6.07, 6.45) is 0. The summed E-state index contributed by atoms with van der Waals surface area (Å²) in [5, 5.41) is 5.05. The number of aryl methyl sites for hydroxylation is 2. The molecule has 2 aromatic carbocycles. The van der Waals surface area contributed by atoms with Crippen molar-refractivity contribution in [1.82, 2.24) is 5.32 Å². The maximum Gasteiger partial charge on any atom is 0.321 e. The van der Waals surface area contributed by atoms with Crippen molar-refractivity contribution in [3.8, 4) is 5.75 Å². The minimum atomic E-state index is -4.25. The second-order valence-corrected chi connectivity index (χ2v) is 6.61. The number of nitrogens with one attached hydrogen (secondary N) is 2. The van der Waals surface area contributed by atoms with Crippen molar-refractivity contribution in [3.05, 3.63) is 53.6 Å². The number of ether oxygens (including phenoxy) is 1. The lowest BCUT2D eigenvalue weighted by atomic mass is 10.1. The average Bonchev–Trinajstić information content (AvgIpc) is 2.49. The van der Waals surface area contributed by atoms with Crippen LogP contribution in [0.2, 0.25) is 0 Å². The number of anilines is 1. The molecule has 2 rings (SSSR count). The second kappa shape index (κ2) is 7.33. The third kappa shape index (κ3) is 4.97. The van der Waals surface area contributed by atoms with Crippen LogP contribution in [0.1, 0.15) is 11.1 Å². The van der Waals surface area contributed by atoms with Crippen molar-refractivity contribution < 1.29 is 22.5 Å². The van der Waals surface area contributed by atoms with Gasteiger partial charge in [-0.05, 0) is 49.7 Å². The van der Waals surface area contributed by atoms with Gasteiger partial charge in [0.05, 0.1) is 4.90 Å². The molecule has 0 aliphatic carbocycles. The predicted molar refractivity (Wildman–Crippen MR) is 89.8 cm³/mol. The van der Waals surface area contributed by atoms with Gasteiger partial charge in [-0.15, -0.1) is 0 Å². The minimum absolute atomic E-state index is 0.0150. The molecule has 0 radical (unpaired) electrons. The van der Waals surface area contributed by atoms with E-state index in [-0.39, 0.29) is 11.6 Å². The molecule has 0 unspecified atom stereocenters. The van der Waals surface area contributed by atoms with Crippen LogP contribution in [-0.2, 0) is 10.1 Å². The van der Waals surface area contributed by atoms with Crippen LogP contribution in [0.15, 0.2) is 47.4 Å². The van der Waals surface area contributed by atoms with Gasteiger partial charge in [0.2, 0.25) is 0 Å². The smallest absolute Gasteiger partial charge is 0.321 e. The standard InChI is InChI=1S/C16H18N2O5S/c1-11-3-8-15(12(2)9-11)23-10-17-16(19)18-13-4-6-14(7-5-13)24(20,21)22/h3-9H,10H2,1-2H3,(H2,17,18,19)(H,20,21,22). The topological polar surface area (TPSA) is 105 Å². The number of benzene rings is 2. The summed E-state index contributed by atoms with van der Waals surface area (Å²) in [6, 6.07) is 10.3. The number of hydrogen-bond donors (Lipinski definition) is 3. The Labute approximate surface area is 140 Å². The molecular formula is C16H18N2O5S. The van der Waals surface area contributed by atoms with Crippen LogP contribution < -0.4 is 15.4 Å². The monoisotopic (exact) mass is 350 g/mol. The van der Waals surface area contributed by atoms with Gasteiger partial charge in [0, 0.05) is 5.69 Å². The molecule has 0 saturated heterocycles. The van der Waals surface area contributed by atoms with Crippen LogP contribution in [-0.4, -0.2) is 25.7 Å². The Morgan fingerprint density at radius 1 is 1.12 bits per heavy atom. The number of carbonyl (C=O) groups is 1. The SMILES string of the molecule is Cc1ccc(OCNC(=O)Nc2ccc(S(=O)(=O)O)cc2)c(C)c1. The lowest BCUT2D eigenvalue weighted by Crippen LogP contribution is -2.32. The maximum atomic E-state index is 11.8. The van der Waals surface area contributed by atoms with E-state index in [2.05, 4.69) is 10.6 Å². The molecule has 8 heteroatoms. The van der Waals surface area contributed by atoms with E-state index in [1.165, 1.54) is 24.3 Å². The first-order valence-corrected chi connectivity index (χ1v) is 8.52. The van der Waals surface area contributed by atoms with Crippen molar-refractivity contribution in [1.29, 1.82) is 0 Å². The molecule has 128 valence electrons. The van der Waals surface area contributed by atoms with Crippen LogP contribution in [0, 0.1) is 13.8 Å². The summed E-state index contributed by atoms with van der Waals surface area (Å²) in [5.74, 6) is 0.679. The van der Waals surface area contributed by atoms with Gasteiger partial charge in [0.25, 0.3) is 10.1 Å². The van der Waals surface area contributed by atoms with Crippen molar-refractivity contribution in [3.63, 3.8) is 0 Å².